The minimum absolute atomic E-state index is 0.0218. The topological polar surface area (TPSA) is 163 Å². The van der Waals surface area contributed by atoms with Crippen molar-refractivity contribution in [1.82, 2.24) is 19.4 Å². The van der Waals surface area contributed by atoms with Crippen molar-refractivity contribution in [3.8, 4) is 5.75 Å². The number of carbonyl (C=O) groups is 3. The molecule has 4 amide bonds. The van der Waals surface area contributed by atoms with Crippen LogP contribution in [0.1, 0.15) is 38.8 Å². The zero-order chi connectivity index (χ0) is 39.2. The first kappa shape index (κ1) is 41.4. The molecule has 4 N–H and O–H groups in total. The Bertz CT molecular complexity index is 1880. The van der Waals surface area contributed by atoms with E-state index in [4.69, 9.17) is 17.3 Å². The number of aliphatic hydroxyl groups excluding tert-OH is 1. The first-order chi connectivity index (χ1) is 24.8. The number of hydrogen-bond acceptors (Lipinski definition) is 8. The van der Waals surface area contributed by atoms with E-state index in [2.05, 4.69) is 10.1 Å². The molecule has 1 aliphatic rings. The van der Waals surface area contributed by atoms with Gasteiger partial charge < -0.3 is 25.8 Å². The zero-order valence-electron chi connectivity index (χ0n) is 29.6. The number of nitrogens with zero attached hydrogens (tertiary/aromatic N) is 3. The van der Waals surface area contributed by atoms with E-state index in [0.29, 0.717) is 0 Å². The van der Waals surface area contributed by atoms with Crippen molar-refractivity contribution in [2.75, 3.05) is 25.4 Å². The quantitative estimate of drug-likeness (QED) is 0.135. The predicted octanol–water partition coefficient (Wildman–Crippen LogP) is 5.04. The standard InChI is InChI=1S/C36H43ClF3N5O7S/c1-22(2)18-43(53(50,51)27-13-14-28(37)29(41)17-27)20-31(46)30(16-24-9-6-5-7-10-24)42-34(48)33(23(3)4)45-21-32(47)44(35(45)49)19-25-11-8-12-26(15-25)52-36(38,39)40/h5-15,17,22-23,30-31,33,46H,16,18-21,41H2,1-4H3,(H,42,48)/t30-,31+,33?/m0/s1. The normalized spacial score (nSPS) is 15.7. The molecule has 0 radical (unpaired) electrons. The molecule has 0 aliphatic carbocycles. The minimum atomic E-state index is -4.94. The number of sulfonamides is 1. The van der Waals surface area contributed by atoms with Gasteiger partial charge in [-0.2, -0.15) is 4.31 Å². The van der Waals surface area contributed by atoms with Crippen LogP contribution >= 0.6 is 11.6 Å². The monoisotopic (exact) mass is 781 g/mol. The molecule has 1 aliphatic heterocycles. The van der Waals surface area contributed by atoms with Gasteiger partial charge in [0.2, 0.25) is 15.9 Å². The van der Waals surface area contributed by atoms with Crippen molar-refractivity contribution in [3.05, 3.63) is 88.9 Å². The molecule has 0 aromatic heterocycles. The van der Waals surface area contributed by atoms with Gasteiger partial charge in [0.15, 0.2) is 0 Å². The van der Waals surface area contributed by atoms with Crippen LogP contribution in [-0.4, -0.2) is 89.7 Å². The average molecular weight is 782 g/mol. The van der Waals surface area contributed by atoms with E-state index in [1.165, 1.54) is 30.3 Å². The van der Waals surface area contributed by atoms with E-state index in [1.807, 2.05) is 13.8 Å². The molecular formula is C36H43ClF3N5O7S. The summed E-state index contributed by atoms with van der Waals surface area (Å²) < 4.78 is 71.1. The number of nitrogen functional groups attached to an aromatic ring is 1. The summed E-state index contributed by atoms with van der Waals surface area (Å²) in [4.78, 5) is 42.6. The molecule has 3 aromatic rings. The molecule has 0 spiro atoms. The van der Waals surface area contributed by atoms with E-state index in [9.17, 15) is 41.1 Å². The van der Waals surface area contributed by atoms with Gasteiger partial charge in [-0.1, -0.05) is 81.8 Å². The molecule has 1 unspecified atom stereocenters. The average Bonchev–Trinajstić information content (AvgIpc) is 3.32. The summed E-state index contributed by atoms with van der Waals surface area (Å²) in [5.74, 6) is -2.60. The Morgan fingerprint density at radius 2 is 1.66 bits per heavy atom. The van der Waals surface area contributed by atoms with Crippen LogP contribution in [0.5, 0.6) is 5.75 Å². The fraction of sp³-hybridized carbons (Fsp3) is 0.417. The number of halogens is 4. The van der Waals surface area contributed by atoms with Gasteiger partial charge in [0.1, 0.15) is 18.3 Å². The second-order valence-electron chi connectivity index (χ2n) is 13.5. The SMILES string of the molecule is CC(C)CN(C[C@@H](O)[C@H](Cc1ccccc1)NC(=O)C(C(C)C)N1CC(=O)N(Cc2cccc(OC(F)(F)F)c2)C1=O)S(=O)(=O)c1ccc(Cl)c(N)c1. The predicted molar refractivity (Wildman–Crippen MR) is 192 cm³/mol. The molecule has 0 bridgehead atoms. The van der Waals surface area contributed by atoms with E-state index < -0.39 is 77.2 Å². The summed E-state index contributed by atoms with van der Waals surface area (Å²) in [5.41, 5.74) is 6.87. The molecule has 1 fully saturated rings. The van der Waals surface area contributed by atoms with E-state index in [1.54, 1.807) is 44.2 Å². The van der Waals surface area contributed by atoms with Gasteiger partial charge in [-0.25, -0.2) is 13.2 Å². The summed E-state index contributed by atoms with van der Waals surface area (Å²) >= 11 is 6.03. The van der Waals surface area contributed by atoms with Gasteiger partial charge in [-0.05, 0) is 59.7 Å². The second-order valence-corrected chi connectivity index (χ2v) is 15.9. The lowest BCUT2D eigenvalue weighted by atomic mass is 9.97. The first-order valence-corrected chi connectivity index (χ1v) is 18.6. The third-order valence-corrected chi connectivity index (χ3v) is 10.6. The Kier molecular flexibility index (Phi) is 13.4. The molecular weight excluding hydrogens is 739 g/mol. The molecule has 1 heterocycles. The van der Waals surface area contributed by atoms with Crippen LogP contribution in [-0.2, 0) is 32.6 Å². The fourth-order valence-corrected chi connectivity index (χ4v) is 7.80. The Labute approximate surface area is 311 Å². The van der Waals surface area contributed by atoms with Crippen molar-refractivity contribution in [1.29, 1.82) is 0 Å². The molecule has 53 heavy (non-hydrogen) atoms. The van der Waals surface area contributed by atoms with Gasteiger partial charge in [0.25, 0.3) is 5.91 Å². The molecule has 17 heteroatoms. The number of benzene rings is 3. The lowest BCUT2D eigenvalue weighted by Gasteiger charge is -2.34. The number of hydrogen-bond donors (Lipinski definition) is 3. The molecule has 1 saturated heterocycles. The van der Waals surface area contributed by atoms with Gasteiger partial charge in [0, 0.05) is 13.1 Å². The van der Waals surface area contributed by atoms with Crippen molar-refractivity contribution >= 4 is 45.2 Å². The van der Waals surface area contributed by atoms with Crippen LogP contribution in [0.15, 0.2) is 77.7 Å². The number of nitrogens with two attached hydrogens (primary N) is 1. The van der Waals surface area contributed by atoms with Gasteiger partial charge in [-0.15, -0.1) is 13.2 Å². The van der Waals surface area contributed by atoms with Crippen LogP contribution in [0.25, 0.3) is 0 Å². The third kappa shape index (κ3) is 10.8. The number of imide groups is 1. The van der Waals surface area contributed by atoms with E-state index in [-0.39, 0.29) is 46.6 Å². The van der Waals surface area contributed by atoms with E-state index >= 15 is 0 Å². The number of urea groups is 1. The number of alkyl halides is 3. The Hall–Kier alpha value is -4.38. The Morgan fingerprint density at radius 1 is 1.00 bits per heavy atom. The summed E-state index contributed by atoms with van der Waals surface area (Å²) in [6, 6.07) is 14.6. The maximum absolute atomic E-state index is 14.1. The number of ether oxygens (including phenoxy) is 1. The Morgan fingerprint density at radius 3 is 2.26 bits per heavy atom. The summed E-state index contributed by atoms with van der Waals surface area (Å²) in [7, 11) is -4.20. The van der Waals surface area contributed by atoms with E-state index in [0.717, 1.165) is 31.8 Å². The maximum atomic E-state index is 14.1. The van der Waals surface area contributed by atoms with Crippen LogP contribution in [0.4, 0.5) is 23.7 Å². The van der Waals surface area contributed by atoms with Crippen molar-refractivity contribution in [2.24, 2.45) is 11.8 Å². The van der Waals surface area contributed by atoms with Crippen LogP contribution < -0.4 is 15.8 Å². The van der Waals surface area contributed by atoms with Gasteiger partial charge in [-0.3, -0.25) is 14.5 Å². The molecule has 0 saturated carbocycles. The number of rotatable bonds is 16. The molecule has 12 nitrogen and oxygen atoms in total. The second kappa shape index (κ2) is 17.2. The van der Waals surface area contributed by atoms with Crippen LogP contribution in [0, 0.1) is 11.8 Å². The van der Waals surface area contributed by atoms with Gasteiger partial charge >= 0.3 is 12.4 Å². The van der Waals surface area contributed by atoms with Crippen molar-refractivity contribution < 1.29 is 45.8 Å². The highest BCUT2D eigenvalue weighted by Gasteiger charge is 2.44. The number of nitrogens with one attached hydrogen (secondary N) is 1. The zero-order valence-corrected chi connectivity index (χ0v) is 31.2. The summed E-state index contributed by atoms with van der Waals surface area (Å²) in [6.45, 7) is 5.71. The third-order valence-electron chi connectivity index (χ3n) is 8.45. The van der Waals surface area contributed by atoms with Crippen molar-refractivity contribution in [3.63, 3.8) is 0 Å². The largest absolute Gasteiger partial charge is 0.573 e. The summed E-state index contributed by atoms with van der Waals surface area (Å²) in [5, 5.41) is 14.7. The number of aliphatic hydroxyl groups is 1. The first-order valence-electron chi connectivity index (χ1n) is 16.8. The summed E-state index contributed by atoms with van der Waals surface area (Å²) in [6.07, 6.45) is -6.31. The fourth-order valence-electron chi connectivity index (χ4n) is 6.03. The molecule has 3 aromatic carbocycles. The lowest BCUT2D eigenvalue weighted by Crippen LogP contribution is -2.57. The number of anilines is 1. The number of amides is 4. The van der Waals surface area contributed by atoms with Crippen LogP contribution in [0.3, 0.4) is 0 Å². The van der Waals surface area contributed by atoms with Crippen LogP contribution in [0.2, 0.25) is 5.02 Å². The highest BCUT2D eigenvalue weighted by atomic mass is 35.5. The molecule has 3 atom stereocenters. The highest BCUT2D eigenvalue weighted by molar-refractivity contribution is 7.89. The smallest absolute Gasteiger partial charge is 0.406 e. The maximum Gasteiger partial charge on any atom is 0.573 e. The Balaban J connectivity index is 1.59. The lowest BCUT2D eigenvalue weighted by molar-refractivity contribution is -0.274. The van der Waals surface area contributed by atoms with Crippen molar-refractivity contribution in [2.45, 2.75) is 70.1 Å². The van der Waals surface area contributed by atoms with Gasteiger partial charge in [0.05, 0.1) is 34.3 Å². The minimum Gasteiger partial charge on any atom is -0.406 e. The number of carbonyl (C=O) groups excluding carboxylic acids is 3. The molecule has 4 rings (SSSR count). The molecule has 288 valence electrons. The highest BCUT2D eigenvalue weighted by Crippen LogP contribution is 2.28.